The Bertz CT molecular complexity index is 980. The number of amides is 1. The van der Waals surface area contributed by atoms with E-state index in [1.165, 1.54) is 36.5 Å². The summed E-state index contributed by atoms with van der Waals surface area (Å²) in [5.41, 5.74) is 2.90. The fourth-order valence-electron chi connectivity index (χ4n) is 2.17. The van der Waals surface area contributed by atoms with Crippen LogP contribution in [0.3, 0.4) is 0 Å². The number of nitrogens with one attached hydrogen (secondary N) is 1. The largest absolute Gasteiger partial charge is 0.455 e. The molecule has 1 aromatic heterocycles. The molecule has 0 aliphatic carbocycles. The molecule has 0 aliphatic rings. The van der Waals surface area contributed by atoms with Gasteiger partial charge in [0, 0.05) is 23.3 Å². The number of furan rings is 1. The molecule has 1 amide bonds. The van der Waals surface area contributed by atoms with Crippen LogP contribution in [0.4, 0.5) is 10.1 Å². The molecule has 26 heavy (non-hydrogen) atoms. The summed E-state index contributed by atoms with van der Waals surface area (Å²) in [5, 5.41) is 14.5. The molecular formula is C18H12FN3O4. The number of halogens is 1. The molecule has 1 heterocycles. The lowest BCUT2D eigenvalue weighted by Gasteiger charge is -1.99. The van der Waals surface area contributed by atoms with Gasteiger partial charge in [0.2, 0.25) is 0 Å². The number of nitrogens with zero attached hydrogens (tertiary/aromatic N) is 2. The van der Waals surface area contributed by atoms with Gasteiger partial charge >= 0.3 is 0 Å². The van der Waals surface area contributed by atoms with E-state index < -0.39 is 10.8 Å². The second-order valence-corrected chi connectivity index (χ2v) is 5.22. The van der Waals surface area contributed by atoms with Gasteiger partial charge in [-0.25, -0.2) is 9.82 Å². The summed E-state index contributed by atoms with van der Waals surface area (Å²) in [6, 6.07) is 14.5. The Hall–Kier alpha value is -3.81. The Morgan fingerprint density at radius 3 is 2.65 bits per heavy atom. The van der Waals surface area contributed by atoms with E-state index in [0.717, 1.165) is 6.07 Å². The lowest BCUT2D eigenvalue weighted by atomic mass is 10.2. The molecule has 0 radical (unpaired) electrons. The van der Waals surface area contributed by atoms with Gasteiger partial charge in [-0.3, -0.25) is 14.9 Å². The zero-order valence-corrected chi connectivity index (χ0v) is 13.3. The van der Waals surface area contributed by atoms with Crippen molar-refractivity contribution < 1.29 is 18.5 Å². The highest BCUT2D eigenvalue weighted by Gasteiger charge is 2.10. The van der Waals surface area contributed by atoms with Gasteiger partial charge in [-0.2, -0.15) is 5.10 Å². The van der Waals surface area contributed by atoms with Crippen LogP contribution in [0.25, 0.3) is 11.3 Å². The molecule has 130 valence electrons. The van der Waals surface area contributed by atoms with Crippen LogP contribution >= 0.6 is 0 Å². The third kappa shape index (κ3) is 3.99. The zero-order valence-electron chi connectivity index (χ0n) is 13.3. The number of non-ortho nitro benzene ring substituents is 1. The highest BCUT2D eigenvalue weighted by molar-refractivity contribution is 5.95. The fourth-order valence-corrected chi connectivity index (χ4v) is 2.17. The molecule has 7 nitrogen and oxygen atoms in total. The minimum Gasteiger partial charge on any atom is -0.455 e. The second kappa shape index (κ2) is 7.39. The van der Waals surface area contributed by atoms with Gasteiger partial charge in [0.05, 0.1) is 11.1 Å². The maximum atomic E-state index is 12.9. The summed E-state index contributed by atoms with van der Waals surface area (Å²) in [6.45, 7) is 0. The van der Waals surface area contributed by atoms with Gasteiger partial charge in [0.1, 0.15) is 17.3 Å². The molecule has 2 aromatic carbocycles. The third-order valence-electron chi connectivity index (χ3n) is 3.43. The van der Waals surface area contributed by atoms with Crippen molar-refractivity contribution >= 4 is 17.8 Å². The SMILES string of the molecule is O=C(N/N=C\c1ccc(-c2ccc(F)cc2)o1)c1cccc([N+](=O)[O-])c1. The van der Waals surface area contributed by atoms with Crippen LogP contribution < -0.4 is 5.43 Å². The number of carbonyl (C=O) groups is 1. The van der Waals surface area contributed by atoms with E-state index in [4.69, 9.17) is 4.42 Å². The van der Waals surface area contributed by atoms with Crippen molar-refractivity contribution in [2.24, 2.45) is 5.10 Å². The van der Waals surface area contributed by atoms with Crippen LogP contribution in [0.5, 0.6) is 0 Å². The summed E-state index contributed by atoms with van der Waals surface area (Å²) in [5.74, 6) is -0.0265. The third-order valence-corrected chi connectivity index (χ3v) is 3.43. The van der Waals surface area contributed by atoms with Crippen LogP contribution in [0.2, 0.25) is 0 Å². The van der Waals surface area contributed by atoms with Crippen molar-refractivity contribution in [3.63, 3.8) is 0 Å². The number of nitro benzene ring substituents is 1. The minimum absolute atomic E-state index is 0.114. The van der Waals surface area contributed by atoms with Gasteiger partial charge < -0.3 is 4.42 Å². The van der Waals surface area contributed by atoms with E-state index in [2.05, 4.69) is 10.5 Å². The maximum Gasteiger partial charge on any atom is 0.271 e. The first-order chi connectivity index (χ1) is 12.5. The Balaban J connectivity index is 1.65. The van der Waals surface area contributed by atoms with Gasteiger partial charge in [0.25, 0.3) is 11.6 Å². The first kappa shape index (κ1) is 17.0. The van der Waals surface area contributed by atoms with Crippen LogP contribution in [-0.4, -0.2) is 17.0 Å². The molecule has 8 heteroatoms. The van der Waals surface area contributed by atoms with E-state index in [1.54, 1.807) is 24.3 Å². The molecule has 0 aliphatic heterocycles. The topological polar surface area (TPSA) is 97.7 Å². The number of carbonyl (C=O) groups excluding carboxylic acids is 1. The maximum absolute atomic E-state index is 12.9. The summed E-state index contributed by atoms with van der Waals surface area (Å²) >= 11 is 0. The molecule has 1 N–H and O–H groups in total. The van der Waals surface area contributed by atoms with E-state index in [9.17, 15) is 19.3 Å². The molecule has 0 saturated heterocycles. The number of hydrazone groups is 1. The van der Waals surface area contributed by atoms with Crippen molar-refractivity contribution in [3.05, 3.63) is 87.9 Å². The summed E-state index contributed by atoms with van der Waals surface area (Å²) in [6.07, 6.45) is 1.29. The quantitative estimate of drug-likeness (QED) is 0.429. The molecule has 0 saturated carbocycles. The number of hydrogen-bond acceptors (Lipinski definition) is 5. The highest BCUT2D eigenvalue weighted by atomic mass is 19.1. The standard InChI is InChI=1S/C18H12FN3O4/c19-14-6-4-12(5-7-14)17-9-8-16(26-17)11-20-21-18(23)13-2-1-3-15(10-13)22(24)25/h1-11H,(H,21,23)/b20-11-. The lowest BCUT2D eigenvalue weighted by molar-refractivity contribution is -0.384. The van der Waals surface area contributed by atoms with Gasteiger partial charge in [-0.1, -0.05) is 6.07 Å². The van der Waals surface area contributed by atoms with Gasteiger partial charge in [0.15, 0.2) is 0 Å². The van der Waals surface area contributed by atoms with Gasteiger partial charge in [-0.05, 0) is 42.5 Å². The van der Waals surface area contributed by atoms with Crippen LogP contribution in [-0.2, 0) is 0 Å². The van der Waals surface area contributed by atoms with Crippen LogP contribution in [0.15, 0.2) is 70.2 Å². The monoisotopic (exact) mass is 353 g/mol. The first-order valence-electron chi connectivity index (χ1n) is 7.46. The van der Waals surface area contributed by atoms with E-state index in [1.807, 2.05) is 0 Å². The lowest BCUT2D eigenvalue weighted by Crippen LogP contribution is -2.17. The van der Waals surface area contributed by atoms with Crippen molar-refractivity contribution in [3.8, 4) is 11.3 Å². The summed E-state index contributed by atoms with van der Waals surface area (Å²) in [7, 11) is 0. The Morgan fingerprint density at radius 1 is 1.15 bits per heavy atom. The minimum atomic E-state index is -0.588. The first-order valence-corrected chi connectivity index (χ1v) is 7.46. The highest BCUT2D eigenvalue weighted by Crippen LogP contribution is 2.21. The predicted molar refractivity (Wildman–Crippen MR) is 92.3 cm³/mol. The summed E-state index contributed by atoms with van der Waals surface area (Å²) < 4.78 is 18.5. The van der Waals surface area contributed by atoms with E-state index >= 15 is 0 Å². The molecular weight excluding hydrogens is 341 g/mol. The average Bonchev–Trinajstić information content (AvgIpc) is 3.11. The molecule has 0 spiro atoms. The molecule has 0 atom stereocenters. The van der Waals surface area contributed by atoms with Crippen molar-refractivity contribution in [1.82, 2.24) is 5.43 Å². The average molecular weight is 353 g/mol. The molecule has 3 rings (SSSR count). The van der Waals surface area contributed by atoms with Crippen LogP contribution in [0.1, 0.15) is 16.1 Å². The Labute approximate surface area is 146 Å². The van der Waals surface area contributed by atoms with Gasteiger partial charge in [-0.15, -0.1) is 0 Å². The number of rotatable bonds is 5. The van der Waals surface area contributed by atoms with E-state index in [0.29, 0.717) is 17.1 Å². The van der Waals surface area contributed by atoms with E-state index in [-0.39, 0.29) is 17.1 Å². The van der Waals surface area contributed by atoms with Crippen molar-refractivity contribution in [1.29, 1.82) is 0 Å². The smallest absolute Gasteiger partial charge is 0.271 e. The number of benzene rings is 2. The molecule has 0 fully saturated rings. The Morgan fingerprint density at radius 2 is 1.92 bits per heavy atom. The van der Waals surface area contributed by atoms with Crippen molar-refractivity contribution in [2.45, 2.75) is 0 Å². The predicted octanol–water partition coefficient (Wildman–Crippen LogP) is 3.76. The zero-order chi connectivity index (χ0) is 18.5. The molecule has 3 aromatic rings. The van der Waals surface area contributed by atoms with Crippen LogP contribution in [0, 0.1) is 15.9 Å². The number of nitro groups is 1. The summed E-state index contributed by atoms with van der Waals surface area (Å²) in [4.78, 5) is 22.1. The fraction of sp³-hybridized carbons (Fsp3) is 0. The Kier molecular flexibility index (Phi) is 4.84. The number of hydrogen-bond donors (Lipinski definition) is 1. The molecule has 0 bridgehead atoms. The normalized spacial score (nSPS) is 10.8. The van der Waals surface area contributed by atoms with Crippen molar-refractivity contribution in [2.75, 3.05) is 0 Å². The molecule has 0 unspecified atom stereocenters. The second-order valence-electron chi connectivity index (χ2n) is 5.22.